The quantitative estimate of drug-likeness (QED) is 0.793. The Labute approximate surface area is 117 Å². The molecule has 0 atom stereocenters. The van der Waals surface area contributed by atoms with E-state index in [4.69, 9.17) is 10.00 Å². The second-order valence-corrected chi connectivity index (χ2v) is 5.16. The summed E-state index contributed by atoms with van der Waals surface area (Å²) in [6, 6.07) is 9.32. The van der Waals surface area contributed by atoms with Gasteiger partial charge in [0.05, 0.1) is 11.6 Å². The van der Waals surface area contributed by atoms with Crippen LogP contribution >= 0.6 is 0 Å². The molecule has 0 fully saturated rings. The molecule has 0 N–H and O–H groups in total. The van der Waals surface area contributed by atoms with Gasteiger partial charge < -0.3 is 4.74 Å². The summed E-state index contributed by atoms with van der Waals surface area (Å²) < 4.78 is 5.93. The zero-order valence-electron chi connectivity index (χ0n) is 11.3. The number of nitriles is 1. The average molecular weight is 263 g/mol. The summed E-state index contributed by atoms with van der Waals surface area (Å²) in [4.78, 5) is 8.61. The minimum atomic E-state index is -0.435. The lowest BCUT2D eigenvalue weighted by atomic mass is 9.93. The van der Waals surface area contributed by atoms with Crippen molar-refractivity contribution in [1.82, 2.24) is 9.97 Å². The summed E-state index contributed by atoms with van der Waals surface area (Å²) >= 11 is 0. The maximum Gasteiger partial charge on any atom is 0.159 e. The molecule has 4 heteroatoms. The van der Waals surface area contributed by atoms with Gasteiger partial charge in [0.2, 0.25) is 0 Å². The highest BCUT2D eigenvalue weighted by molar-refractivity contribution is 5.82. The van der Waals surface area contributed by atoms with Crippen LogP contribution in [0.2, 0.25) is 0 Å². The number of aromatic nitrogens is 2. The Balaban J connectivity index is 2.22. The number of rotatable bonds is 1. The lowest BCUT2D eigenvalue weighted by Gasteiger charge is -2.30. The molecule has 1 aliphatic rings. The lowest BCUT2D eigenvalue weighted by Crippen LogP contribution is -2.29. The number of fused-ring (bicyclic) bond motifs is 1. The monoisotopic (exact) mass is 263 g/mol. The van der Waals surface area contributed by atoms with Crippen LogP contribution < -0.4 is 4.74 Å². The first-order valence-corrected chi connectivity index (χ1v) is 6.33. The number of hydrogen-bond acceptors (Lipinski definition) is 4. The van der Waals surface area contributed by atoms with Crippen LogP contribution in [0.5, 0.6) is 5.75 Å². The summed E-state index contributed by atoms with van der Waals surface area (Å²) in [6.07, 6.45) is 5.41. The Morgan fingerprint density at radius 2 is 1.95 bits per heavy atom. The van der Waals surface area contributed by atoms with Crippen LogP contribution in [0.4, 0.5) is 0 Å². The molecule has 0 saturated heterocycles. The summed E-state index contributed by atoms with van der Waals surface area (Å²) in [5, 5.41) is 9.06. The van der Waals surface area contributed by atoms with E-state index in [1.54, 1.807) is 24.5 Å². The second kappa shape index (κ2) is 4.46. The van der Waals surface area contributed by atoms with E-state index < -0.39 is 5.60 Å². The maximum absolute atomic E-state index is 9.06. The molecule has 0 unspecified atom stereocenters. The normalized spacial score (nSPS) is 15.6. The van der Waals surface area contributed by atoms with Crippen LogP contribution in [-0.4, -0.2) is 15.6 Å². The average Bonchev–Trinajstić information content (AvgIpc) is 2.46. The van der Waals surface area contributed by atoms with Crippen LogP contribution in [0, 0.1) is 11.3 Å². The highest BCUT2D eigenvalue weighted by Crippen LogP contribution is 2.38. The molecule has 0 saturated carbocycles. The van der Waals surface area contributed by atoms with E-state index in [-0.39, 0.29) is 0 Å². The van der Waals surface area contributed by atoms with Crippen molar-refractivity contribution in [2.75, 3.05) is 0 Å². The van der Waals surface area contributed by atoms with Crippen molar-refractivity contribution in [3.63, 3.8) is 0 Å². The predicted molar refractivity (Wildman–Crippen MR) is 75.0 cm³/mol. The van der Waals surface area contributed by atoms with Gasteiger partial charge in [0.1, 0.15) is 11.4 Å². The van der Waals surface area contributed by atoms with Crippen LogP contribution in [0.3, 0.4) is 0 Å². The Morgan fingerprint density at radius 1 is 1.20 bits per heavy atom. The van der Waals surface area contributed by atoms with E-state index in [9.17, 15) is 0 Å². The van der Waals surface area contributed by atoms with Crippen molar-refractivity contribution in [3.05, 3.63) is 59.7 Å². The molecule has 1 aromatic heterocycles. The van der Waals surface area contributed by atoms with E-state index >= 15 is 0 Å². The maximum atomic E-state index is 9.06. The van der Waals surface area contributed by atoms with Gasteiger partial charge in [0.15, 0.2) is 5.82 Å². The van der Waals surface area contributed by atoms with Crippen LogP contribution in [0.1, 0.15) is 30.8 Å². The topological polar surface area (TPSA) is 58.8 Å². The van der Waals surface area contributed by atoms with Gasteiger partial charge in [0, 0.05) is 23.5 Å². The Kier molecular flexibility index (Phi) is 2.76. The molecule has 3 rings (SSSR count). The van der Waals surface area contributed by atoms with Gasteiger partial charge >= 0.3 is 0 Å². The van der Waals surface area contributed by atoms with Gasteiger partial charge in [-0.2, -0.15) is 5.26 Å². The summed E-state index contributed by atoms with van der Waals surface area (Å²) in [5.41, 5.74) is 1.91. The van der Waals surface area contributed by atoms with E-state index in [1.807, 2.05) is 32.1 Å². The highest BCUT2D eigenvalue weighted by atomic mass is 16.5. The van der Waals surface area contributed by atoms with Gasteiger partial charge in [-0.15, -0.1) is 0 Å². The van der Waals surface area contributed by atoms with E-state index in [0.29, 0.717) is 11.4 Å². The number of benzene rings is 1. The molecular formula is C16H13N3O. The SMILES string of the molecule is CC1(C)C=C(c2ncccn2)c2cc(C#N)ccc2O1. The fraction of sp³-hybridized carbons (Fsp3) is 0.188. The molecule has 0 bridgehead atoms. The minimum Gasteiger partial charge on any atom is -0.483 e. The predicted octanol–water partition coefficient (Wildman–Crippen LogP) is 2.95. The van der Waals surface area contributed by atoms with Crippen LogP contribution in [0.15, 0.2) is 42.7 Å². The first kappa shape index (κ1) is 12.4. The first-order valence-electron chi connectivity index (χ1n) is 6.33. The number of hydrogen-bond donors (Lipinski definition) is 0. The van der Waals surface area contributed by atoms with Crippen molar-refractivity contribution in [1.29, 1.82) is 5.26 Å². The molecule has 0 spiro atoms. The van der Waals surface area contributed by atoms with Gasteiger partial charge in [-0.1, -0.05) is 0 Å². The Hall–Kier alpha value is -2.67. The van der Waals surface area contributed by atoms with Crippen molar-refractivity contribution < 1.29 is 4.74 Å². The molecule has 4 nitrogen and oxygen atoms in total. The van der Waals surface area contributed by atoms with Gasteiger partial charge in [-0.3, -0.25) is 0 Å². The Bertz CT molecular complexity index is 727. The zero-order valence-corrected chi connectivity index (χ0v) is 11.3. The van der Waals surface area contributed by atoms with E-state index in [2.05, 4.69) is 16.0 Å². The second-order valence-electron chi connectivity index (χ2n) is 5.16. The minimum absolute atomic E-state index is 0.435. The molecule has 98 valence electrons. The summed E-state index contributed by atoms with van der Waals surface area (Å²) in [5.74, 6) is 1.39. The third kappa shape index (κ3) is 2.14. The standard InChI is InChI=1S/C16H13N3O/c1-16(2)9-13(15-18-6-3-7-19-15)12-8-11(10-17)4-5-14(12)20-16/h3-9H,1-2H3. The van der Waals surface area contributed by atoms with Crippen LogP contribution in [0.25, 0.3) is 5.57 Å². The van der Waals surface area contributed by atoms with Crippen molar-refractivity contribution in [2.24, 2.45) is 0 Å². The third-order valence-corrected chi connectivity index (χ3v) is 3.07. The van der Waals surface area contributed by atoms with Crippen molar-refractivity contribution in [3.8, 4) is 11.8 Å². The number of nitrogens with zero attached hydrogens (tertiary/aromatic N) is 3. The highest BCUT2D eigenvalue weighted by Gasteiger charge is 2.28. The molecule has 0 radical (unpaired) electrons. The van der Waals surface area contributed by atoms with E-state index in [1.165, 1.54) is 0 Å². The van der Waals surface area contributed by atoms with Crippen LogP contribution in [-0.2, 0) is 0 Å². The fourth-order valence-corrected chi connectivity index (χ4v) is 2.26. The summed E-state index contributed by atoms with van der Waals surface area (Å²) in [6.45, 7) is 3.97. The third-order valence-electron chi connectivity index (χ3n) is 3.07. The molecule has 20 heavy (non-hydrogen) atoms. The first-order chi connectivity index (χ1) is 9.59. The van der Waals surface area contributed by atoms with E-state index in [0.717, 1.165) is 16.9 Å². The van der Waals surface area contributed by atoms with Gasteiger partial charge in [0.25, 0.3) is 0 Å². The molecule has 2 aromatic rings. The molecule has 0 amide bonds. The van der Waals surface area contributed by atoms with Gasteiger partial charge in [-0.05, 0) is 44.2 Å². The Morgan fingerprint density at radius 3 is 2.65 bits per heavy atom. The molecule has 1 aromatic carbocycles. The fourth-order valence-electron chi connectivity index (χ4n) is 2.26. The number of ether oxygens (including phenoxy) is 1. The lowest BCUT2D eigenvalue weighted by molar-refractivity contribution is 0.158. The van der Waals surface area contributed by atoms with Crippen molar-refractivity contribution in [2.45, 2.75) is 19.4 Å². The molecule has 2 heterocycles. The molecular weight excluding hydrogens is 250 g/mol. The molecule has 0 aliphatic carbocycles. The molecule has 1 aliphatic heterocycles. The largest absolute Gasteiger partial charge is 0.483 e. The summed E-state index contributed by atoms with van der Waals surface area (Å²) in [7, 11) is 0. The van der Waals surface area contributed by atoms with Crippen molar-refractivity contribution >= 4 is 5.57 Å². The van der Waals surface area contributed by atoms with Gasteiger partial charge in [-0.25, -0.2) is 9.97 Å². The zero-order chi connectivity index (χ0) is 14.2. The smallest absolute Gasteiger partial charge is 0.159 e.